The van der Waals surface area contributed by atoms with Gasteiger partial charge in [0.1, 0.15) is 9.84 Å². The SMILES string of the molecule is CC(CNCCS(C)(=O)=O)Cc1ccc(C(C)(C)C)cc1. The van der Waals surface area contributed by atoms with Crippen LogP contribution in [0.4, 0.5) is 0 Å². The Labute approximate surface area is 130 Å². The first-order valence-electron chi connectivity index (χ1n) is 7.56. The summed E-state index contributed by atoms with van der Waals surface area (Å²) in [5.74, 6) is 0.699. The predicted molar refractivity (Wildman–Crippen MR) is 90.6 cm³/mol. The average molecular weight is 311 g/mol. The zero-order valence-corrected chi connectivity index (χ0v) is 14.8. The molecular formula is C17H29NO2S. The zero-order valence-electron chi connectivity index (χ0n) is 13.9. The maximum Gasteiger partial charge on any atom is 0.148 e. The number of hydrogen-bond donors (Lipinski definition) is 1. The number of hydrogen-bond acceptors (Lipinski definition) is 3. The van der Waals surface area contributed by atoms with Crippen molar-refractivity contribution in [3.8, 4) is 0 Å². The average Bonchev–Trinajstić information content (AvgIpc) is 2.33. The Morgan fingerprint density at radius 2 is 1.71 bits per heavy atom. The molecule has 1 aromatic rings. The van der Waals surface area contributed by atoms with Crippen LogP contribution in [0.15, 0.2) is 24.3 Å². The zero-order chi connectivity index (χ0) is 16.1. The molecule has 0 saturated carbocycles. The molecule has 1 rings (SSSR count). The highest BCUT2D eigenvalue weighted by Crippen LogP contribution is 2.22. The Morgan fingerprint density at radius 3 is 2.19 bits per heavy atom. The van der Waals surface area contributed by atoms with Crippen LogP contribution in [0.3, 0.4) is 0 Å². The van der Waals surface area contributed by atoms with Crippen molar-refractivity contribution >= 4 is 9.84 Å². The minimum Gasteiger partial charge on any atom is -0.315 e. The van der Waals surface area contributed by atoms with E-state index in [1.807, 2.05) is 0 Å². The summed E-state index contributed by atoms with van der Waals surface area (Å²) in [6, 6.07) is 8.82. The van der Waals surface area contributed by atoms with Gasteiger partial charge in [0.2, 0.25) is 0 Å². The van der Waals surface area contributed by atoms with Crippen LogP contribution in [0, 0.1) is 5.92 Å². The van der Waals surface area contributed by atoms with E-state index in [4.69, 9.17) is 0 Å². The van der Waals surface area contributed by atoms with Crippen molar-refractivity contribution in [1.29, 1.82) is 0 Å². The minimum absolute atomic E-state index is 0.192. The summed E-state index contributed by atoms with van der Waals surface area (Å²) in [7, 11) is -2.86. The maximum atomic E-state index is 11.0. The van der Waals surface area contributed by atoms with Crippen molar-refractivity contribution < 1.29 is 8.42 Å². The predicted octanol–water partition coefficient (Wildman–Crippen LogP) is 2.80. The molecule has 0 aliphatic heterocycles. The second-order valence-electron chi connectivity index (χ2n) is 7.09. The molecule has 1 N–H and O–H groups in total. The van der Waals surface area contributed by atoms with Gasteiger partial charge in [-0.25, -0.2) is 8.42 Å². The molecule has 0 radical (unpaired) electrons. The van der Waals surface area contributed by atoms with Crippen LogP contribution < -0.4 is 5.32 Å². The van der Waals surface area contributed by atoms with Crippen molar-refractivity contribution in [3.05, 3.63) is 35.4 Å². The van der Waals surface area contributed by atoms with Crippen LogP contribution in [0.1, 0.15) is 38.8 Å². The van der Waals surface area contributed by atoms with E-state index in [-0.39, 0.29) is 11.2 Å². The fourth-order valence-corrected chi connectivity index (χ4v) is 2.74. The van der Waals surface area contributed by atoms with Crippen LogP contribution in [0.2, 0.25) is 0 Å². The topological polar surface area (TPSA) is 46.2 Å². The van der Waals surface area contributed by atoms with Gasteiger partial charge in [0.15, 0.2) is 0 Å². The molecule has 0 aromatic heterocycles. The van der Waals surface area contributed by atoms with E-state index in [0.717, 1.165) is 13.0 Å². The Balaban J connectivity index is 2.39. The largest absolute Gasteiger partial charge is 0.315 e. The van der Waals surface area contributed by atoms with Gasteiger partial charge in [-0.2, -0.15) is 0 Å². The van der Waals surface area contributed by atoms with Crippen molar-refractivity contribution in [2.75, 3.05) is 25.1 Å². The molecule has 1 atom stereocenters. The lowest BCUT2D eigenvalue weighted by molar-refractivity contribution is 0.518. The first-order valence-corrected chi connectivity index (χ1v) is 9.62. The highest BCUT2D eigenvalue weighted by atomic mass is 32.2. The van der Waals surface area contributed by atoms with Gasteiger partial charge in [-0.1, -0.05) is 52.0 Å². The first-order chi connectivity index (χ1) is 9.58. The molecule has 0 fully saturated rings. The monoisotopic (exact) mass is 311 g/mol. The smallest absolute Gasteiger partial charge is 0.148 e. The van der Waals surface area contributed by atoms with E-state index in [0.29, 0.717) is 12.5 Å². The van der Waals surface area contributed by atoms with Gasteiger partial charge in [-0.3, -0.25) is 0 Å². The molecule has 0 heterocycles. The highest BCUT2D eigenvalue weighted by molar-refractivity contribution is 7.90. The van der Waals surface area contributed by atoms with E-state index < -0.39 is 9.84 Å². The second kappa shape index (κ2) is 7.41. The lowest BCUT2D eigenvalue weighted by Crippen LogP contribution is -2.27. The Morgan fingerprint density at radius 1 is 1.14 bits per heavy atom. The van der Waals surface area contributed by atoms with Crippen LogP contribution >= 0.6 is 0 Å². The Hall–Kier alpha value is -0.870. The number of sulfone groups is 1. The van der Waals surface area contributed by atoms with Gasteiger partial charge in [0.05, 0.1) is 5.75 Å². The summed E-state index contributed by atoms with van der Waals surface area (Å²) in [6.45, 7) is 10.2. The molecule has 120 valence electrons. The molecule has 4 heteroatoms. The van der Waals surface area contributed by atoms with E-state index in [1.54, 1.807) is 0 Å². The van der Waals surface area contributed by atoms with Gasteiger partial charge in [-0.15, -0.1) is 0 Å². The molecular weight excluding hydrogens is 282 g/mol. The van der Waals surface area contributed by atoms with E-state index in [1.165, 1.54) is 17.4 Å². The molecule has 1 aromatic carbocycles. The van der Waals surface area contributed by atoms with Gasteiger partial charge in [0, 0.05) is 12.8 Å². The van der Waals surface area contributed by atoms with Gasteiger partial charge < -0.3 is 5.32 Å². The molecule has 21 heavy (non-hydrogen) atoms. The Kier molecular flexibility index (Phi) is 6.41. The molecule has 0 bridgehead atoms. The molecule has 0 amide bonds. The van der Waals surface area contributed by atoms with Crippen molar-refractivity contribution in [1.82, 2.24) is 5.32 Å². The summed E-state index contributed by atoms with van der Waals surface area (Å²) >= 11 is 0. The molecule has 3 nitrogen and oxygen atoms in total. The van der Waals surface area contributed by atoms with E-state index >= 15 is 0 Å². The normalized spacial score (nSPS) is 14.1. The highest BCUT2D eigenvalue weighted by Gasteiger charge is 2.13. The van der Waals surface area contributed by atoms with E-state index in [2.05, 4.69) is 57.3 Å². The van der Waals surface area contributed by atoms with Gasteiger partial charge in [0.25, 0.3) is 0 Å². The van der Waals surface area contributed by atoms with Crippen LogP contribution in [0.25, 0.3) is 0 Å². The number of rotatable bonds is 7. The summed E-state index contributed by atoms with van der Waals surface area (Å²) < 4.78 is 22.1. The summed E-state index contributed by atoms with van der Waals surface area (Å²) in [5, 5.41) is 3.22. The fraction of sp³-hybridized carbons (Fsp3) is 0.647. The molecule has 0 saturated heterocycles. The minimum atomic E-state index is -2.86. The standard InChI is InChI=1S/C17H29NO2S/c1-14(13-18-10-11-21(5,19)20)12-15-6-8-16(9-7-15)17(2,3)4/h6-9,14,18H,10-13H2,1-5H3. The number of nitrogens with one attached hydrogen (secondary N) is 1. The first kappa shape index (κ1) is 18.2. The molecule has 0 aliphatic rings. The molecule has 1 unspecified atom stereocenters. The quantitative estimate of drug-likeness (QED) is 0.788. The van der Waals surface area contributed by atoms with Gasteiger partial charge in [-0.05, 0) is 35.4 Å². The van der Waals surface area contributed by atoms with Crippen LogP contribution in [0.5, 0.6) is 0 Å². The van der Waals surface area contributed by atoms with E-state index in [9.17, 15) is 8.42 Å². The molecule has 0 aliphatic carbocycles. The Bertz CT molecular complexity index is 527. The lowest BCUT2D eigenvalue weighted by atomic mass is 9.86. The lowest BCUT2D eigenvalue weighted by Gasteiger charge is -2.19. The second-order valence-corrected chi connectivity index (χ2v) is 9.35. The summed E-state index contributed by atoms with van der Waals surface area (Å²) in [4.78, 5) is 0. The molecule has 0 spiro atoms. The summed E-state index contributed by atoms with van der Waals surface area (Å²) in [5.41, 5.74) is 2.88. The third kappa shape index (κ3) is 7.63. The summed E-state index contributed by atoms with van der Waals surface area (Å²) in [6.07, 6.45) is 2.28. The van der Waals surface area contributed by atoms with Crippen LogP contribution in [-0.4, -0.2) is 33.5 Å². The fourth-order valence-electron chi connectivity index (χ4n) is 2.22. The number of benzene rings is 1. The van der Waals surface area contributed by atoms with Gasteiger partial charge >= 0.3 is 0 Å². The van der Waals surface area contributed by atoms with Crippen molar-refractivity contribution in [2.45, 2.75) is 39.5 Å². The third-order valence-corrected chi connectivity index (χ3v) is 4.49. The van der Waals surface area contributed by atoms with Crippen molar-refractivity contribution in [2.24, 2.45) is 5.92 Å². The third-order valence-electron chi connectivity index (χ3n) is 3.55. The maximum absolute atomic E-state index is 11.0. The van der Waals surface area contributed by atoms with Crippen LogP contribution in [-0.2, 0) is 21.7 Å². The van der Waals surface area contributed by atoms with Crippen molar-refractivity contribution in [3.63, 3.8) is 0 Å².